The van der Waals surface area contributed by atoms with Gasteiger partial charge in [0.2, 0.25) is 15.9 Å². The Morgan fingerprint density at radius 1 is 1.30 bits per heavy atom. The second kappa shape index (κ2) is 9.83. The van der Waals surface area contributed by atoms with Gasteiger partial charge < -0.3 is 14.5 Å². The molecular weight excluding hydrogens is 454 g/mol. The number of hydrogen-bond acceptors (Lipinski definition) is 8. The zero-order valence-electron chi connectivity index (χ0n) is 18.1. The van der Waals surface area contributed by atoms with E-state index in [1.807, 2.05) is 13.8 Å². The van der Waals surface area contributed by atoms with Crippen LogP contribution in [0.25, 0.3) is 0 Å². The van der Waals surface area contributed by atoms with Crippen molar-refractivity contribution in [2.75, 3.05) is 6.54 Å². The van der Waals surface area contributed by atoms with Crippen molar-refractivity contribution in [1.82, 2.24) is 19.8 Å². The molecule has 0 radical (unpaired) electrons. The Balaban J connectivity index is 1.86. The summed E-state index contributed by atoms with van der Waals surface area (Å²) in [6.07, 6.45) is 1.49. The summed E-state index contributed by atoms with van der Waals surface area (Å²) in [6, 6.07) is 7.97. The van der Waals surface area contributed by atoms with Gasteiger partial charge in [-0.1, -0.05) is 13.8 Å². The number of nitro benzene ring substituents is 1. The highest BCUT2D eigenvalue weighted by atomic mass is 32.2. The molecule has 2 aromatic heterocycles. The largest absolute Gasteiger partial charge is 0.467 e. The zero-order chi connectivity index (χ0) is 24.2. The van der Waals surface area contributed by atoms with Crippen molar-refractivity contribution in [3.63, 3.8) is 0 Å². The first-order valence-electron chi connectivity index (χ1n) is 9.87. The van der Waals surface area contributed by atoms with Gasteiger partial charge in [-0.05, 0) is 24.1 Å². The minimum atomic E-state index is -4.12. The molecule has 33 heavy (non-hydrogen) atoms. The molecule has 0 saturated heterocycles. The van der Waals surface area contributed by atoms with Gasteiger partial charge in [0.15, 0.2) is 5.69 Å². The first kappa shape index (κ1) is 23.9. The number of furan rings is 1. The quantitative estimate of drug-likeness (QED) is 0.333. The van der Waals surface area contributed by atoms with Crippen molar-refractivity contribution in [3.8, 4) is 11.6 Å². The Hall–Kier alpha value is -3.71. The monoisotopic (exact) mass is 477 g/mol. The number of aryl methyl sites for hydroxylation is 1. The molecule has 0 aliphatic carbocycles. The number of sulfonamides is 1. The molecule has 1 amide bonds. The molecule has 3 rings (SSSR count). The number of ether oxygens (including phenoxy) is 1. The molecule has 2 N–H and O–H groups in total. The molecule has 12 nitrogen and oxygen atoms in total. The molecular formula is C20H23N5O7S. The Morgan fingerprint density at radius 3 is 2.70 bits per heavy atom. The number of nitrogens with one attached hydrogen (secondary N) is 2. The molecule has 0 fully saturated rings. The average molecular weight is 477 g/mol. The van der Waals surface area contributed by atoms with Crippen LogP contribution in [0.4, 0.5) is 5.69 Å². The fourth-order valence-corrected chi connectivity index (χ4v) is 4.06. The summed E-state index contributed by atoms with van der Waals surface area (Å²) < 4.78 is 40.1. The molecule has 0 saturated carbocycles. The van der Waals surface area contributed by atoms with Crippen molar-refractivity contribution in [2.24, 2.45) is 13.0 Å². The number of aromatic nitrogens is 2. The Morgan fingerprint density at radius 2 is 2.06 bits per heavy atom. The first-order valence-corrected chi connectivity index (χ1v) is 11.4. The van der Waals surface area contributed by atoms with E-state index in [0.717, 1.165) is 12.1 Å². The molecule has 0 aliphatic heterocycles. The SMILES string of the molecule is CC(C)CNS(=O)(=O)c1cc([N+](=O)[O-])ccc1Oc1cc(C(=O)NCc2ccco2)nn1C. The van der Waals surface area contributed by atoms with Crippen molar-refractivity contribution in [1.29, 1.82) is 0 Å². The standard InChI is InChI=1S/C20H23N5O7S/c1-13(2)11-22-33(29,30)18-9-14(25(27)28)6-7-17(18)32-19-10-16(23-24(19)3)20(26)21-12-15-5-4-8-31-15/h4-10,13,22H,11-12H2,1-3H3,(H,21,26). The summed E-state index contributed by atoms with van der Waals surface area (Å²) in [5, 5.41) is 17.9. The van der Waals surface area contributed by atoms with Gasteiger partial charge in [0.25, 0.3) is 11.6 Å². The van der Waals surface area contributed by atoms with Crippen LogP contribution in [0.15, 0.2) is 52.0 Å². The summed E-state index contributed by atoms with van der Waals surface area (Å²) in [4.78, 5) is 22.5. The zero-order valence-corrected chi connectivity index (χ0v) is 19.0. The second-order valence-electron chi connectivity index (χ2n) is 7.49. The van der Waals surface area contributed by atoms with Crippen LogP contribution in [0.1, 0.15) is 30.1 Å². The predicted molar refractivity (Wildman–Crippen MR) is 116 cm³/mol. The maximum absolute atomic E-state index is 12.8. The first-order chi connectivity index (χ1) is 15.6. The lowest BCUT2D eigenvalue weighted by molar-refractivity contribution is -0.385. The number of nitrogens with zero attached hydrogens (tertiary/aromatic N) is 3. The molecule has 0 aliphatic rings. The van der Waals surface area contributed by atoms with Gasteiger partial charge in [0.1, 0.15) is 16.4 Å². The molecule has 1 aromatic carbocycles. The van der Waals surface area contributed by atoms with Crippen molar-refractivity contribution in [3.05, 3.63) is 64.2 Å². The van der Waals surface area contributed by atoms with Gasteiger partial charge in [0.05, 0.1) is 17.7 Å². The summed E-state index contributed by atoms with van der Waals surface area (Å²) >= 11 is 0. The number of carbonyl (C=O) groups excluding carboxylic acids is 1. The van der Waals surface area contributed by atoms with Crippen molar-refractivity contribution in [2.45, 2.75) is 25.3 Å². The Bertz CT molecular complexity index is 1250. The van der Waals surface area contributed by atoms with Crippen LogP contribution in [0.3, 0.4) is 0 Å². The van der Waals surface area contributed by atoms with E-state index in [1.165, 1.54) is 30.1 Å². The molecule has 0 unspecified atom stereocenters. The average Bonchev–Trinajstić information content (AvgIpc) is 3.41. The van der Waals surface area contributed by atoms with E-state index in [0.29, 0.717) is 5.76 Å². The Kier molecular flexibility index (Phi) is 7.13. The van der Waals surface area contributed by atoms with E-state index in [4.69, 9.17) is 9.15 Å². The molecule has 0 spiro atoms. The predicted octanol–water partition coefficient (Wildman–Crippen LogP) is 2.58. The number of rotatable bonds is 10. The van der Waals surface area contributed by atoms with E-state index < -0.39 is 31.4 Å². The normalized spacial score (nSPS) is 11.5. The number of non-ortho nitro benzene ring substituents is 1. The number of amides is 1. The fourth-order valence-electron chi connectivity index (χ4n) is 2.70. The molecule has 0 bridgehead atoms. The highest BCUT2D eigenvalue weighted by molar-refractivity contribution is 7.89. The van der Waals surface area contributed by atoms with Crippen LogP contribution in [0.2, 0.25) is 0 Å². The number of benzene rings is 1. The fraction of sp³-hybridized carbons (Fsp3) is 0.300. The third kappa shape index (κ3) is 5.96. The van der Waals surface area contributed by atoms with Crippen molar-refractivity contribution >= 4 is 21.6 Å². The van der Waals surface area contributed by atoms with Gasteiger partial charge >= 0.3 is 0 Å². The summed E-state index contributed by atoms with van der Waals surface area (Å²) in [5.41, 5.74) is -0.376. The van der Waals surface area contributed by atoms with E-state index in [-0.39, 0.29) is 36.3 Å². The smallest absolute Gasteiger partial charge is 0.272 e. The lowest BCUT2D eigenvalue weighted by Crippen LogP contribution is -2.28. The van der Waals surface area contributed by atoms with E-state index in [1.54, 1.807) is 12.1 Å². The molecule has 3 aromatic rings. The van der Waals surface area contributed by atoms with Crippen molar-refractivity contribution < 1.29 is 27.3 Å². The molecule has 0 atom stereocenters. The third-order valence-electron chi connectivity index (χ3n) is 4.40. The number of carbonyl (C=O) groups is 1. The van der Waals surface area contributed by atoms with E-state index in [2.05, 4.69) is 15.1 Å². The minimum absolute atomic E-state index is 0.0159. The second-order valence-corrected chi connectivity index (χ2v) is 9.22. The lowest BCUT2D eigenvalue weighted by Gasteiger charge is -2.13. The van der Waals surface area contributed by atoms with Crippen LogP contribution < -0.4 is 14.8 Å². The highest BCUT2D eigenvalue weighted by Gasteiger charge is 2.25. The van der Waals surface area contributed by atoms with Crippen LogP contribution in [0.5, 0.6) is 11.6 Å². The summed E-state index contributed by atoms with van der Waals surface area (Å²) in [7, 11) is -2.61. The van der Waals surface area contributed by atoms with Crippen LogP contribution in [-0.2, 0) is 23.6 Å². The highest BCUT2D eigenvalue weighted by Crippen LogP contribution is 2.32. The topological polar surface area (TPSA) is 159 Å². The van der Waals surface area contributed by atoms with Crippen LogP contribution in [0, 0.1) is 16.0 Å². The summed E-state index contributed by atoms with van der Waals surface area (Å²) in [5.74, 6) is -0.00532. The van der Waals surface area contributed by atoms with Gasteiger partial charge in [-0.25, -0.2) is 17.8 Å². The lowest BCUT2D eigenvalue weighted by atomic mass is 10.2. The maximum Gasteiger partial charge on any atom is 0.272 e. The van der Waals surface area contributed by atoms with Crippen LogP contribution in [-0.4, -0.2) is 35.6 Å². The van der Waals surface area contributed by atoms with Gasteiger partial charge in [-0.15, -0.1) is 0 Å². The number of nitro groups is 1. The van der Waals surface area contributed by atoms with Gasteiger partial charge in [-0.2, -0.15) is 5.10 Å². The Labute approximate surface area is 189 Å². The molecule has 2 heterocycles. The maximum atomic E-state index is 12.8. The van der Waals surface area contributed by atoms with Gasteiger partial charge in [0, 0.05) is 31.8 Å². The minimum Gasteiger partial charge on any atom is -0.467 e. The molecule has 13 heteroatoms. The van der Waals surface area contributed by atoms with Gasteiger partial charge in [-0.3, -0.25) is 14.9 Å². The van der Waals surface area contributed by atoms with Crippen LogP contribution >= 0.6 is 0 Å². The molecule has 176 valence electrons. The third-order valence-corrected chi connectivity index (χ3v) is 5.84. The van der Waals surface area contributed by atoms with E-state index >= 15 is 0 Å². The van der Waals surface area contributed by atoms with E-state index in [9.17, 15) is 23.3 Å². The number of hydrogen-bond donors (Lipinski definition) is 2. The summed E-state index contributed by atoms with van der Waals surface area (Å²) in [6.45, 7) is 3.93.